The molecule has 1 aromatic rings. The standard InChI is InChI=1S/C14H22FN3O2/c1-3-19-11-6-7-13(20-4-2)12(10-11)18-14(16)17-9-5-8-15/h6-7,10H,3-5,8-9H2,1-2H3,(H3,16,17,18). The molecule has 0 radical (unpaired) electrons. The lowest BCUT2D eigenvalue weighted by atomic mass is 10.2. The maximum absolute atomic E-state index is 12.0. The molecule has 0 fully saturated rings. The van der Waals surface area contributed by atoms with Crippen LogP contribution in [0.4, 0.5) is 10.1 Å². The van der Waals surface area contributed by atoms with E-state index in [2.05, 4.69) is 10.3 Å². The minimum Gasteiger partial charge on any atom is -0.494 e. The molecule has 0 aliphatic heterocycles. The van der Waals surface area contributed by atoms with E-state index in [9.17, 15) is 4.39 Å². The summed E-state index contributed by atoms with van der Waals surface area (Å²) in [7, 11) is 0. The van der Waals surface area contributed by atoms with Crippen LogP contribution in [0.25, 0.3) is 0 Å². The Morgan fingerprint density at radius 1 is 1.30 bits per heavy atom. The number of nitrogens with zero attached hydrogens (tertiary/aromatic N) is 1. The predicted molar refractivity (Wildman–Crippen MR) is 79.5 cm³/mol. The van der Waals surface area contributed by atoms with Gasteiger partial charge in [0.25, 0.3) is 0 Å². The van der Waals surface area contributed by atoms with E-state index in [0.717, 1.165) is 5.75 Å². The van der Waals surface area contributed by atoms with E-state index in [1.54, 1.807) is 6.07 Å². The van der Waals surface area contributed by atoms with Crippen LogP contribution in [0, 0.1) is 0 Å². The van der Waals surface area contributed by atoms with Crippen LogP contribution in [-0.4, -0.2) is 32.4 Å². The van der Waals surface area contributed by atoms with Gasteiger partial charge in [-0.25, -0.2) is 0 Å². The molecule has 0 unspecified atom stereocenters. The fraction of sp³-hybridized carbons (Fsp3) is 0.500. The smallest absolute Gasteiger partial charge is 0.193 e. The molecule has 5 nitrogen and oxygen atoms in total. The van der Waals surface area contributed by atoms with Crippen molar-refractivity contribution in [1.82, 2.24) is 0 Å². The normalized spacial score (nSPS) is 11.2. The van der Waals surface area contributed by atoms with Crippen molar-refractivity contribution in [3.8, 4) is 11.5 Å². The van der Waals surface area contributed by atoms with E-state index < -0.39 is 6.67 Å². The highest BCUT2D eigenvalue weighted by Gasteiger charge is 2.07. The zero-order valence-electron chi connectivity index (χ0n) is 12.0. The third-order valence-electron chi connectivity index (χ3n) is 2.40. The summed E-state index contributed by atoms with van der Waals surface area (Å²) in [6.07, 6.45) is 0.361. The van der Waals surface area contributed by atoms with Gasteiger partial charge in [0.05, 0.1) is 25.6 Å². The van der Waals surface area contributed by atoms with Gasteiger partial charge in [0.2, 0.25) is 0 Å². The zero-order chi connectivity index (χ0) is 14.8. The molecule has 1 aromatic carbocycles. The molecule has 0 aromatic heterocycles. The minimum absolute atomic E-state index is 0.230. The quantitative estimate of drug-likeness (QED) is 0.437. The van der Waals surface area contributed by atoms with E-state index in [1.165, 1.54) is 0 Å². The predicted octanol–water partition coefficient (Wildman–Crippen LogP) is 2.57. The van der Waals surface area contributed by atoms with Gasteiger partial charge in [-0.05, 0) is 32.4 Å². The van der Waals surface area contributed by atoms with E-state index in [-0.39, 0.29) is 5.96 Å². The molecule has 0 aliphatic rings. The minimum atomic E-state index is -0.402. The summed E-state index contributed by atoms with van der Waals surface area (Å²) >= 11 is 0. The van der Waals surface area contributed by atoms with Crippen molar-refractivity contribution in [3.05, 3.63) is 18.2 Å². The molecule has 112 valence electrons. The summed E-state index contributed by atoms with van der Waals surface area (Å²) in [4.78, 5) is 4.03. The fourth-order valence-corrected chi connectivity index (χ4v) is 1.58. The van der Waals surface area contributed by atoms with Crippen LogP contribution in [0.3, 0.4) is 0 Å². The van der Waals surface area contributed by atoms with Crippen molar-refractivity contribution in [3.63, 3.8) is 0 Å². The highest BCUT2D eigenvalue weighted by Crippen LogP contribution is 2.29. The van der Waals surface area contributed by atoms with Gasteiger partial charge in [-0.1, -0.05) is 0 Å². The van der Waals surface area contributed by atoms with E-state index in [4.69, 9.17) is 15.2 Å². The van der Waals surface area contributed by atoms with Crippen LogP contribution in [0.15, 0.2) is 23.2 Å². The summed E-state index contributed by atoms with van der Waals surface area (Å²) in [5.41, 5.74) is 6.44. The molecule has 20 heavy (non-hydrogen) atoms. The Labute approximate surface area is 119 Å². The number of alkyl halides is 1. The van der Waals surface area contributed by atoms with Gasteiger partial charge in [0.15, 0.2) is 5.96 Å². The zero-order valence-corrected chi connectivity index (χ0v) is 12.0. The third-order valence-corrected chi connectivity index (χ3v) is 2.40. The Bertz CT molecular complexity index is 438. The summed E-state index contributed by atoms with van der Waals surface area (Å²) in [6.45, 7) is 4.88. The number of rotatable bonds is 8. The molecule has 0 spiro atoms. The molecule has 0 saturated carbocycles. The molecule has 0 bridgehead atoms. The Hall–Kier alpha value is -1.98. The number of guanidine groups is 1. The second-order valence-electron chi connectivity index (χ2n) is 3.96. The highest BCUT2D eigenvalue weighted by molar-refractivity contribution is 5.94. The van der Waals surface area contributed by atoms with Crippen LogP contribution < -0.4 is 20.5 Å². The van der Waals surface area contributed by atoms with Crippen molar-refractivity contribution in [2.75, 3.05) is 31.7 Å². The number of nitrogens with one attached hydrogen (secondary N) is 1. The lowest BCUT2D eigenvalue weighted by Crippen LogP contribution is -2.23. The molecular formula is C14H22FN3O2. The van der Waals surface area contributed by atoms with Gasteiger partial charge in [-0.2, -0.15) is 0 Å². The number of ether oxygens (including phenoxy) is 2. The highest BCUT2D eigenvalue weighted by atomic mass is 19.1. The molecule has 0 aliphatic carbocycles. The first-order chi connectivity index (χ1) is 9.71. The van der Waals surface area contributed by atoms with Crippen LogP contribution >= 0.6 is 0 Å². The van der Waals surface area contributed by atoms with Gasteiger partial charge in [-0.3, -0.25) is 9.38 Å². The Kier molecular flexibility index (Phi) is 7.24. The van der Waals surface area contributed by atoms with Gasteiger partial charge in [0.1, 0.15) is 11.5 Å². The van der Waals surface area contributed by atoms with Crippen LogP contribution in [0.1, 0.15) is 20.3 Å². The van der Waals surface area contributed by atoms with Gasteiger partial charge < -0.3 is 20.5 Å². The molecule has 0 saturated heterocycles. The molecule has 0 amide bonds. The number of hydrogen-bond donors (Lipinski definition) is 2. The van der Waals surface area contributed by atoms with Gasteiger partial charge >= 0.3 is 0 Å². The molecule has 1 rings (SSSR count). The second-order valence-corrected chi connectivity index (χ2v) is 3.96. The topological polar surface area (TPSA) is 68.9 Å². The summed E-state index contributed by atoms with van der Waals surface area (Å²) < 4.78 is 22.9. The molecular weight excluding hydrogens is 261 g/mol. The summed E-state index contributed by atoms with van der Waals surface area (Å²) in [5.74, 6) is 1.61. The van der Waals surface area contributed by atoms with E-state index in [0.29, 0.717) is 37.6 Å². The molecule has 3 N–H and O–H groups in total. The molecule has 0 heterocycles. The number of aliphatic imine (C=N–C) groups is 1. The van der Waals surface area contributed by atoms with Crippen molar-refractivity contribution in [2.24, 2.45) is 10.7 Å². The number of halogens is 1. The van der Waals surface area contributed by atoms with Crippen LogP contribution in [0.2, 0.25) is 0 Å². The van der Waals surface area contributed by atoms with Crippen molar-refractivity contribution in [2.45, 2.75) is 20.3 Å². The fourth-order valence-electron chi connectivity index (χ4n) is 1.58. The van der Waals surface area contributed by atoms with E-state index in [1.807, 2.05) is 26.0 Å². The van der Waals surface area contributed by atoms with E-state index >= 15 is 0 Å². The first-order valence-corrected chi connectivity index (χ1v) is 6.73. The Morgan fingerprint density at radius 3 is 2.70 bits per heavy atom. The Morgan fingerprint density at radius 2 is 2.05 bits per heavy atom. The molecule has 6 heteroatoms. The lowest BCUT2D eigenvalue weighted by Gasteiger charge is -2.13. The first-order valence-electron chi connectivity index (χ1n) is 6.73. The van der Waals surface area contributed by atoms with Crippen molar-refractivity contribution < 1.29 is 13.9 Å². The third kappa shape index (κ3) is 5.34. The SMILES string of the molecule is CCOc1ccc(OCC)c(NC(N)=NCCCF)c1. The summed E-state index contributed by atoms with van der Waals surface area (Å²) in [6, 6.07) is 5.44. The maximum atomic E-state index is 12.0. The van der Waals surface area contributed by atoms with Crippen LogP contribution in [-0.2, 0) is 0 Å². The second kappa shape index (κ2) is 9.01. The first kappa shape index (κ1) is 16.1. The Balaban J connectivity index is 2.82. The average Bonchev–Trinajstić information content (AvgIpc) is 2.42. The monoisotopic (exact) mass is 283 g/mol. The van der Waals surface area contributed by atoms with Crippen LogP contribution in [0.5, 0.6) is 11.5 Å². The number of benzene rings is 1. The average molecular weight is 283 g/mol. The lowest BCUT2D eigenvalue weighted by molar-refractivity contribution is 0.332. The summed E-state index contributed by atoms with van der Waals surface area (Å²) in [5, 5.41) is 2.95. The van der Waals surface area contributed by atoms with Gasteiger partial charge in [-0.15, -0.1) is 0 Å². The number of nitrogens with two attached hydrogens (primary N) is 1. The maximum Gasteiger partial charge on any atom is 0.193 e. The number of anilines is 1. The molecule has 0 atom stereocenters. The van der Waals surface area contributed by atoms with Crippen molar-refractivity contribution in [1.29, 1.82) is 0 Å². The largest absolute Gasteiger partial charge is 0.494 e. The number of hydrogen-bond acceptors (Lipinski definition) is 3. The van der Waals surface area contributed by atoms with Gasteiger partial charge in [0, 0.05) is 12.6 Å². The van der Waals surface area contributed by atoms with Crippen molar-refractivity contribution >= 4 is 11.6 Å².